The Bertz CT molecular complexity index is 832. The van der Waals surface area contributed by atoms with E-state index in [0.29, 0.717) is 11.1 Å². The van der Waals surface area contributed by atoms with E-state index in [2.05, 4.69) is 0 Å². The lowest BCUT2D eigenvalue weighted by molar-refractivity contribution is 0.0352. The van der Waals surface area contributed by atoms with Crippen LogP contribution in [0.2, 0.25) is 0 Å². The van der Waals surface area contributed by atoms with Crippen LogP contribution in [-0.2, 0) is 11.5 Å². The molecule has 0 bridgehead atoms. The molecule has 1 saturated carbocycles. The van der Waals surface area contributed by atoms with Crippen molar-refractivity contribution in [3.05, 3.63) is 68.5 Å². The lowest BCUT2D eigenvalue weighted by Gasteiger charge is -2.28. The summed E-state index contributed by atoms with van der Waals surface area (Å²) in [6.07, 6.45) is 4.55. The van der Waals surface area contributed by atoms with E-state index in [1.54, 1.807) is 48.0 Å². The van der Waals surface area contributed by atoms with E-state index in [9.17, 15) is 14.4 Å². The Morgan fingerprint density at radius 3 is 2.52 bits per heavy atom. The van der Waals surface area contributed by atoms with Crippen LogP contribution in [0.3, 0.4) is 0 Å². The van der Waals surface area contributed by atoms with Gasteiger partial charge in [-0.2, -0.15) is 0 Å². The largest absolute Gasteiger partial charge is 0.440 e. The van der Waals surface area contributed by atoms with Crippen molar-refractivity contribution in [3.8, 4) is 0 Å². The van der Waals surface area contributed by atoms with Crippen molar-refractivity contribution in [3.63, 3.8) is 0 Å². The van der Waals surface area contributed by atoms with Gasteiger partial charge in [0, 0.05) is 17.8 Å². The molecule has 3 rings (SSSR count). The minimum Gasteiger partial charge on any atom is -0.440 e. The second-order valence-electron chi connectivity index (χ2n) is 5.75. The van der Waals surface area contributed by atoms with E-state index in [1.807, 2.05) is 0 Å². The van der Waals surface area contributed by atoms with Crippen molar-refractivity contribution >= 4 is 5.97 Å². The van der Waals surface area contributed by atoms with Gasteiger partial charge in [-0.3, -0.25) is 9.36 Å². The number of aryl methyl sites for hydroxylation is 1. The number of ether oxygens (including phenoxy) is 1. The van der Waals surface area contributed by atoms with Crippen LogP contribution in [0, 0.1) is 6.92 Å². The van der Waals surface area contributed by atoms with Crippen molar-refractivity contribution in [1.82, 2.24) is 9.13 Å². The maximum absolute atomic E-state index is 12.5. The SMILES string of the molecule is Cc1cn(C2CCC2)c(=O)n(COC(=O)c2ccccc2)c1=O. The third-order valence-electron chi connectivity index (χ3n) is 4.17. The smallest absolute Gasteiger partial charge is 0.339 e. The van der Waals surface area contributed by atoms with Crippen molar-refractivity contribution in [2.45, 2.75) is 39.0 Å². The Hall–Kier alpha value is -2.63. The lowest BCUT2D eigenvalue weighted by Crippen LogP contribution is -2.43. The molecule has 0 saturated heterocycles. The minimum absolute atomic E-state index is 0.137. The van der Waals surface area contributed by atoms with Crippen LogP contribution in [0.25, 0.3) is 0 Å². The Morgan fingerprint density at radius 2 is 1.91 bits per heavy atom. The highest BCUT2D eigenvalue weighted by Gasteiger charge is 2.22. The Kier molecular flexibility index (Phi) is 4.14. The molecule has 1 heterocycles. The Labute approximate surface area is 132 Å². The summed E-state index contributed by atoms with van der Waals surface area (Å²) in [5.41, 5.74) is -0.00243. The maximum atomic E-state index is 12.5. The molecule has 0 spiro atoms. The molecule has 1 aromatic heterocycles. The molecular formula is C17H18N2O4. The fourth-order valence-electron chi connectivity index (χ4n) is 2.58. The van der Waals surface area contributed by atoms with Gasteiger partial charge in [0.25, 0.3) is 5.56 Å². The summed E-state index contributed by atoms with van der Waals surface area (Å²) < 4.78 is 7.69. The maximum Gasteiger partial charge on any atom is 0.339 e. The van der Waals surface area contributed by atoms with Crippen LogP contribution in [0.15, 0.2) is 46.1 Å². The molecule has 0 amide bonds. The molecule has 6 nitrogen and oxygen atoms in total. The highest BCUT2D eigenvalue weighted by molar-refractivity contribution is 5.89. The Balaban J connectivity index is 1.85. The van der Waals surface area contributed by atoms with Crippen LogP contribution < -0.4 is 11.2 Å². The number of carbonyl (C=O) groups excluding carboxylic acids is 1. The van der Waals surface area contributed by atoms with Crippen LogP contribution in [-0.4, -0.2) is 15.1 Å². The second-order valence-corrected chi connectivity index (χ2v) is 5.75. The molecule has 23 heavy (non-hydrogen) atoms. The lowest BCUT2D eigenvalue weighted by atomic mass is 9.93. The number of aromatic nitrogens is 2. The predicted octanol–water partition coefficient (Wildman–Crippen LogP) is 1.86. The first kappa shape index (κ1) is 15.3. The number of hydrogen-bond donors (Lipinski definition) is 0. The van der Waals surface area contributed by atoms with Gasteiger partial charge in [0.05, 0.1) is 5.56 Å². The van der Waals surface area contributed by atoms with E-state index in [1.165, 1.54) is 0 Å². The number of benzene rings is 1. The van der Waals surface area contributed by atoms with Gasteiger partial charge in [-0.05, 0) is 38.3 Å². The van der Waals surface area contributed by atoms with E-state index >= 15 is 0 Å². The zero-order chi connectivity index (χ0) is 16.4. The zero-order valence-corrected chi connectivity index (χ0v) is 12.9. The number of esters is 1. The summed E-state index contributed by atoms with van der Waals surface area (Å²) in [4.78, 5) is 36.6. The minimum atomic E-state index is -0.561. The van der Waals surface area contributed by atoms with Gasteiger partial charge in [-0.15, -0.1) is 0 Å². The predicted molar refractivity (Wildman–Crippen MR) is 84.4 cm³/mol. The molecular weight excluding hydrogens is 296 g/mol. The summed E-state index contributed by atoms with van der Waals surface area (Å²) in [5.74, 6) is -0.561. The molecule has 120 valence electrons. The monoisotopic (exact) mass is 314 g/mol. The molecule has 0 radical (unpaired) electrons. The van der Waals surface area contributed by atoms with Crippen LogP contribution in [0.1, 0.15) is 41.2 Å². The highest BCUT2D eigenvalue weighted by atomic mass is 16.5. The summed E-state index contributed by atoms with van der Waals surface area (Å²) in [5, 5.41) is 0. The molecule has 2 aromatic rings. The third-order valence-corrected chi connectivity index (χ3v) is 4.17. The van der Waals surface area contributed by atoms with Crippen molar-refractivity contribution in [2.75, 3.05) is 0 Å². The summed E-state index contributed by atoms with van der Waals surface area (Å²) in [6.45, 7) is 1.28. The van der Waals surface area contributed by atoms with Crippen molar-refractivity contribution in [2.24, 2.45) is 0 Å². The first-order chi connectivity index (χ1) is 11.1. The fraction of sp³-hybridized carbons (Fsp3) is 0.353. The van der Waals surface area contributed by atoms with Crippen molar-refractivity contribution < 1.29 is 9.53 Å². The van der Waals surface area contributed by atoms with E-state index in [4.69, 9.17) is 4.74 Å². The van der Waals surface area contributed by atoms with Crippen LogP contribution in [0.4, 0.5) is 0 Å². The van der Waals surface area contributed by atoms with Gasteiger partial charge in [-0.25, -0.2) is 14.2 Å². The zero-order valence-electron chi connectivity index (χ0n) is 12.9. The van der Waals surface area contributed by atoms with Crippen LogP contribution >= 0.6 is 0 Å². The molecule has 0 unspecified atom stereocenters. The normalized spacial score (nSPS) is 14.3. The summed E-state index contributed by atoms with van der Waals surface area (Å²) in [7, 11) is 0. The fourth-order valence-corrected chi connectivity index (χ4v) is 2.58. The molecule has 1 aromatic carbocycles. The topological polar surface area (TPSA) is 70.3 Å². The third kappa shape index (κ3) is 2.97. The van der Waals surface area contributed by atoms with Gasteiger partial charge < -0.3 is 4.74 Å². The molecule has 1 aliphatic rings. The number of rotatable bonds is 4. The van der Waals surface area contributed by atoms with Crippen molar-refractivity contribution in [1.29, 1.82) is 0 Å². The second kappa shape index (κ2) is 6.24. The molecule has 1 fully saturated rings. The van der Waals surface area contributed by atoms with E-state index < -0.39 is 17.2 Å². The van der Waals surface area contributed by atoms with Crippen LogP contribution in [0.5, 0.6) is 0 Å². The van der Waals surface area contributed by atoms with Gasteiger partial charge in [0.1, 0.15) is 0 Å². The van der Waals surface area contributed by atoms with Gasteiger partial charge in [0.15, 0.2) is 6.73 Å². The average Bonchev–Trinajstić information content (AvgIpc) is 2.51. The Morgan fingerprint density at radius 1 is 1.22 bits per heavy atom. The quantitative estimate of drug-likeness (QED) is 0.808. The summed E-state index contributed by atoms with van der Waals surface area (Å²) >= 11 is 0. The molecule has 0 N–H and O–H groups in total. The van der Waals surface area contributed by atoms with Gasteiger partial charge in [0.2, 0.25) is 0 Å². The molecule has 1 aliphatic carbocycles. The number of nitrogens with zero attached hydrogens (tertiary/aromatic N) is 2. The summed E-state index contributed by atoms with van der Waals surface area (Å²) in [6, 6.07) is 8.61. The molecule has 6 heteroatoms. The number of carbonyl (C=O) groups is 1. The molecule has 0 atom stereocenters. The first-order valence-corrected chi connectivity index (χ1v) is 7.62. The number of hydrogen-bond acceptors (Lipinski definition) is 4. The standard InChI is InChI=1S/C17H18N2O4/c1-12-10-18(14-8-5-9-14)17(22)19(15(12)20)11-23-16(21)13-6-3-2-4-7-13/h2-4,6-7,10,14H,5,8-9,11H2,1H3. The van der Waals surface area contributed by atoms with Gasteiger partial charge in [-0.1, -0.05) is 18.2 Å². The van der Waals surface area contributed by atoms with E-state index in [-0.39, 0.29) is 12.8 Å². The van der Waals surface area contributed by atoms with E-state index in [0.717, 1.165) is 23.8 Å². The first-order valence-electron chi connectivity index (χ1n) is 7.62. The average molecular weight is 314 g/mol. The van der Waals surface area contributed by atoms with Gasteiger partial charge >= 0.3 is 11.7 Å². The molecule has 0 aliphatic heterocycles. The highest BCUT2D eigenvalue weighted by Crippen LogP contribution is 2.29.